The van der Waals surface area contributed by atoms with Crippen molar-refractivity contribution in [1.29, 1.82) is 0 Å². The second-order valence-corrected chi connectivity index (χ2v) is 15.7. The Hall–Kier alpha value is -6.72. The van der Waals surface area contributed by atoms with Gasteiger partial charge in [0.05, 0.1) is 11.7 Å². The van der Waals surface area contributed by atoms with Crippen molar-refractivity contribution in [2.24, 2.45) is 0 Å². The van der Waals surface area contributed by atoms with Gasteiger partial charge in [-0.2, -0.15) is 0 Å². The van der Waals surface area contributed by atoms with Crippen molar-refractivity contribution in [2.75, 3.05) is 14.7 Å². The van der Waals surface area contributed by atoms with Gasteiger partial charge in [-0.1, -0.05) is 129 Å². The largest absolute Gasteiger partial charge is 0.455 e. The summed E-state index contributed by atoms with van der Waals surface area (Å²) in [6.45, 7) is 4.72. The predicted molar refractivity (Wildman–Crippen MR) is 233 cm³/mol. The van der Waals surface area contributed by atoms with Gasteiger partial charge in [0.25, 0.3) is 0 Å². The SMILES string of the molecule is CC1(C)c2ccccc2Oc2c(N(c3ccccc3)c3ccc4c(c3)N(c3ccccc3)C3CC=CC5=C3B4c3ccccc3N5c3ccccc3)cccc21. The summed E-state index contributed by atoms with van der Waals surface area (Å²) in [6.07, 6.45) is 5.65. The third-order valence-electron chi connectivity index (χ3n) is 12.2. The molecule has 0 bridgehead atoms. The summed E-state index contributed by atoms with van der Waals surface area (Å²) in [4.78, 5) is 7.46. The molecule has 3 aliphatic heterocycles. The van der Waals surface area contributed by atoms with E-state index >= 15 is 0 Å². The number of ether oxygens (including phenoxy) is 1. The quantitative estimate of drug-likeness (QED) is 0.165. The van der Waals surface area contributed by atoms with E-state index in [0.717, 1.165) is 35.0 Å². The van der Waals surface area contributed by atoms with Gasteiger partial charge in [-0.25, -0.2) is 0 Å². The number of allylic oxidation sites excluding steroid dienone is 1. The van der Waals surface area contributed by atoms with E-state index < -0.39 is 0 Å². The summed E-state index contributed by atoms with van der Waals surface area (Å²) in [5, 5.41) is 0. The normalized spacial score (nSPS) is 16.9. The maximum Gasteiger partial charge on any atom is 0.247 e. The Morgan fingerprint density at radius 3 is 2.07 bits per heavy atom. The highest BCUT2D eigenvalue weighted by Gasteiger charge is 2.47. The Morgan fingerprint density at radius 1 is 0.607 bits per heavy atom. The van der Waals surface area contributed by atoms with Gasteiger partial charge in [0.1, 0.15) is 5.75 Å². The Balaban J connectivity index is 1.15. The zero-order valence-electron chi connectivity index (χ0n) is 31.5. The minimum Gasteiger partial charge on any atom is -0.455 e. The molecule has 0 saturated carbocycles. The van der Waals surface area contributed by atoms with E-state index in [2.05, 4.69) is 217 Å². The molecule has 11 rings (SSSR count). The zero-order valence-corrected chi connectivity index (χ0v) is 31.5. The first kappa shape index (κ1) is 32.7. The molecule has 56 heavy (non-hydrogen) atoms. The van der Waals surface area contributed by atoms with Gasteiger partial charge in [-0.15, -0.1) is 0 Å². The van der Waals surface area contributed by atoms with Gasteiger partial charge in [0.2, 0.25) is 6.71 Å². The molecule has 268 valence electrons. The molecule has 7 aromatic rings. The summed E-state index contributed by atoms with van der Waals surface area (Å²) in [6, 6.07) is 63.9. The van der Waals surface area contributed by atoms with Crippen molar-refractivity contribution < 1.29 is 4.74 Å². The average molecular weight is 722 g/mol. The van der Waals surface area contributed by atoms with Crippen LogP contribution in [0.2, 0.25) is 0 Å². The number of fused-ring (bicyclic) bond motifs is 6. The number of anilines is 7. The first-order valence-electron chi connectivity index (χ1n) is 19.7. The van der Waals surface area contributed by atoms with Crippen molar-refractivity contribution in [3.63, 3.8) is 0 Å². The molecule has 0 saturated heterocycles. The van der Waals surface area contributed by atoms with E-state index in [1.54, 1.807) is 0 Å². The molecule has 4 nitrogen and oxygen atoms in total. The smallest absolute Gasteiger partial charge is 0.247 e. The number of benzene rings is 7. The Kier molecular flexibility index (Phi) is 7.40. The van der Waals surface area contributed by atoms with E-state index in [1.807, 2.05) is 0 Å². The predicted octanol–water partition coefficient (Wildman–Crippen LogP) is 11.6. The summed E-state index contributed by atoms with van der Waals surface area (Å²) in [5.74, 6) is 1.80. The fraction of sp³-hybridized carbons (Fsp3) is 0.0980. The number of para-hydroxylation sites is 6. The van der Waals surface area contributed by atoms with Crippen LogP contribution in [0.15, 0.2) is 199 Å². The standard InChI is InChI=1S/C51H40BN3O/c1-51(2)39-24-12-15-31-48(39)56-50-40(51)25-16-30-46(50)53(35-18-6-3-7-19-35)38-32-33-42-47(34-38)55(37-22-10-5-11-23-37)45-29-17-28-44-49(45)52(42)41-26-13-14-27-43(41)54(44)36-20-8-4-9-21-36/h3-28,30-34,45H,29H2,1-2H3. The molecule has 0 radical (unpaired) electrons. The maximum absolute atomic E-state index is 6.91. The van der Waals surface area contributed by atoms with Crippen molar-refractivity contribution in [3.05, 3.63) is 210 Å². The molecular formula is C51H40BN3O. The van der Waals surface area contributed by atoms with E-state index in [1.165, 1.54) is 56.0 Å². The van der Waals surface area contributed by atoms with Crippen LogP contribution >= 0.6 is 0 Å². The number of hydrogen-bond donors (Lipinski definition) is 0. The van der Waals surface area contributed by atoms with Gasteiger partial charge in [-0.3, -0.25) is 0 Å². The van der Waals surface area contributed by atoms with Crippen LogP contribution in [-0.4, -0.2) is 12.8 Å². The highest BCUT2D eigenvalue weighted by Crippen LogP contribution is 2.54. The molecule has 0 spiro atoms. The summed E-state index contributed by atoms with van der Waals surface area (Å²) in [7, 11) is 0. The van der Waals surface area contributed by atoms with Crippen LogP contribution in [0.5, 0.6) is 11.5 Å². The Labute approximate surface area is 329 Å². The molecule has 0 aromatic heterocycles. The monoisotopic (exact) mass is 721 g/mol. The zero-order chi connectivity index (χ0) is 37.4. The van der Waals surface area contributed by atoms with Gasteiger partial charge in [-0.05, 0) is 95.6 Å². The highest BCUT2D eigenvalue weighted by molar-refractivity contribution is 6.94. The lowest BCUT2D eigenvalue weighted by Gasteiger charge is -2.50. The number of rotatable bonds is 5. The molecule has 0 amide bonds. The second-order valence-electron chi connectivity index (χ2n) is 15.7. The van der Waals surface area contributed by atoms with Crippen molar-refractivity contribution >= 4 is 57.5 Å². The Morgan fingerprint density at radius 2 is 1.27 bits per heavy atom. The van der Waals surface area contributed by atoms with Crippen LogP contribution in [0.4, 0.5) is 39.8 Å². The van der Waals surface area contributed by atoms with E-state index in [0.29, 0.717) is 0 Å². The first-order valence-corrected chi connectivity index (χ1v) is 19.7. The van der Waals surface area contributed by atoms with Crippen LogP contribution in [-0.2, 0) is 5.41 Å². The molecule has 1 aliphatic carbocycles. The van der Waals surface area contributed by atoms with Crippen molar-refractivity contribution in [3.8, 4) is 11.5 Å². The molecular weight excluding hydrogens is 681 g/mol. The summed E-state index contributed by atoms with van der Waals surface area (Å²) in [5.41, 5.74) is 15.5. The summed E-state index contributed by atoms with van der Waals surface area (Å²) < 4.78 is 6.91. The molecule has 4 aliphatic rings. The molecule has 0 fully saturated rings. The lowest BCUT2D eigenvalue weighted by molar-refractivity contribution is 0.419. The molecule has 1 unspecified atom stereocenters. The third kappa shape index (κ3) is 4.87. The lowest BCUT2D eigenvalue weighted by Crippen LogP contribution is -2.61. The summed E-state index contributed by atoms with van der Waals surface area (Å²) >= 11 is 0. The van der Waals surface area contributed by atoms with Crippen LogP contribution < -0.4 is 30.4 Å². The van der Waals surface area contributed by atoms with E-state index in [9.17, 15) is 0 Å². The minimum absolute atomic E-state index is 0.107. The molecule has 5 heteroatoms. The number of hydrogen-bond acceptors (Lipinski definition) is 4. The number of nitrogens with zero attached hydrogens (tertiary/aromatic N) is 3. The van der Waals surface area contributed by atoms with Gasteiger partial charge in [0, 0.05) is 56.4 Å². The third-order valence-corrected chi connectivity index (χ3v) is 12.2. The maximum atomic E-state index is 6.91. The molecule has 1 atom stereocenters. The van der Waals surface area contributed by atoms with Gasteiger partial charge < -0.3 is 19.4 Å². The fourth-order valence-corrected chi connectivity index (χ4v) is 9.74. The second kappa shape index (κ2) is 12.7. The van der Waals surface area contributed by atoms with Crippen LogP contribution in [0.3, 0.4) is 0 Å². The lowest BCUT2D eigenvalue weighted by atomic mass is 9.31. The van der Waals surface area contributed by atoms with Crippen molar-refractivity contribution in [2.45, 2.75) is 31.7 Å². The fourth-order valence-electron chi connectivity index (χ4n) is 9.74. The van der Waals surface area contributed by atoms with Crippen molar-refractivity contribution in [1.82, 2.24) is 0 Å². The molecule has 0 N–H and O–H groups in total. The van der Waals surface area contributed by atoms with E-state index in [-0.39, 0.29) is 18.2 Å². The molecule has 3 heterocycles. The van der Waals surface area contributed by atoms with Gasteiger partial charge >= 0.3 is 0 Å². The first-order chi connectivity index (χ1) is 27.6. The van der Waals surface area contributed by atoms with Gasteiger partial charge in [0.15, 0.2) is 5.75 Å². The Bertz CT molecular complexity index is 2710. The average Bonchev–Trinajstić information content (AvgIpc) is 3.25. The molecule has 7 aromatic carbocycles. The highest BCUT2D eigenvalue weighted by atomic mass is 16.5. The topological polar surface area (TPSA) is 19.0 Å². The van der Waals surface area contributed by atoms with Crippen LogP contribution in [0, 0.1) is 0 Å². The van der Waals surface area contributed by atoms with Crippen LogP contribution in [0.25, 0.3) is 0 Å². The van der Waals surface area contributed by atoms with E-state index in [4.69, 9.17) is 4.74 Å². The minimum atomic E-state index is -0.237. The van der Waals surface area contributed by atoms with Crippen LogP contribution in [0.1, 0.15) is 31.4 Å².